The lowest BCUT2D eigenvalue weighted by molar-refractivity contribution is 0.0695. The van der Waals surface area contributed by atoms with E-state index in [9.17, 15) is 14.0 Å². The number of fused-ring (bicyclic) bond motifs is 1. The fourth-order valence-corrected chi connectivity index (χ4v) is 4.26. The summed E-state index contributed by atoms with van der Waals surface area (Å²) in [5.41, 5.74) is 1.82. The third-order valence-corrected chi connectivity index (χ3v) is 5.89. The van der Waals surface area contributed by atoms with E-state index in [-0.39, 0.29) is 17.3 Å². The van der Waals surface area contributed by atoms with Gasteiger partial charge in [0.1, 0.15) is 17.3 Å². The number of piperidine rings is 1. The number of nitrogens with one attached hydrogen (secondary N) is 1. The summed E-state index contributed by atoms with van der Waals surface area (Å²) in [6.45, 7) is 2.63. The molecule has 1 amide bonds. The standard InChI is InChI=1S/C24H22FN5O2/c1-15-13-21(31)22(28-30(15)20-11-5-2-8-17(20)25)24(32)29-12-6-7-16(14-29)23-26-18-9-3-4-10-19(18)27-23/h2-5,8-11,13,16H,6-7,12,14H2,1H3,(H,26,27). The van der Waals surface area contributed by atoms with Crippen molar-refractivity contribution in [3.8, 4) is 5.69 Å². The molecule has 162 valence electrons. The summed E-state index contributed by atoms with van der Waals surface area (Å²) in [5, 5.41) is 4.26. The predicted molar refractivity (Wildman–Crippen MR) is 119 cm³/mol. The Hall–Kier alpha value is -3.81. The summed E-state index contributed by atoms with van der Waals surface area (Å²) in [5.74, 6) is -0.0438. The number of hydrogen-bond acceptors (Lipinski definition) is 4. The Bertz CT molecular complexity index is 1340. The number of rotatable bonds is 3. The number of halogens is 1. The number of benzene rings is 2. The van der Waals surface area contributed by atoms with Crippen LogP contribution in [0.3, 0.4) is 0 Å². The van der Waals surface area contributed by atoms with Crippen molar-refractivity contribution in [1.29, 1.82) is 0 Å². The Morgan fingerprint density at radius 2 is 1.94 bits per heavy atom. The minimum absolute atomic E-state index is 0.0411. The lowest BCUT2D eigenvalue weighted by Gasteiger charge is -2.31. The molecule has 1 aliphatic heterocycles. The zero-order valence-electron chi connectivity index (χ0n) is 17.6. The molecule has 1 atom stereocenters. The van der Waals surface area contributed by atoms with Gasteiger partial charge in [0.15, 0.2) is 5.69 Å². The lowest BCUT2D eigenvalue weighted by atomic mass is 9.97. The first-order valence-corrected chi connectivity index (χ1v) is 10.6. The van der Waals surface area contributed by atoms with Gasteiger partial charge >= 0.3 is 0 Å². The number of aryl methyl sites for hydroxylation is 1. The van der Waals surface area contributed by atoms with Gasteiger partial charge in [0.25, 0.3) is 5.91 Å². The first-order chi connectivity index (χ1) is 15.5. The number of H-pyrrole nitrogens is 1. The number of aromatic nitrogens is 4. The van der Waals surface area contributed by atoms with Crippen LogP contribution < -0.4 is 5.43 Å². The van der Waals surface area contributed by atoms with Crippen molar-refractivity contribution < 1.29 is 9.18 Å². The molecule has 1 fully saturated rings. The molecule has 0 radical (unpaired) electrons. The quantitative estimate of drug-likeness (QED) is 0.538. The van der Waals surface area contributed by atoms with E-state index in [0.29, 0.717) is 18.8 Å². The van der Waals surface area contributed by atoms with Gasteiger partial charge in [0, 0.05) is 30.8 Å². The monoisotopic (exact) mass is 431 g/mol. The van der Waals surface area contributed by atoms with Gasteiger partial charge in [-0.3, -0.25) is 9.59 Å². The minimum Gasteiger partial charge on any atom is -0.342 e. The van der Waals surface area contributed by atoms with Crippen LogP contribution in [0.25, 0.3) is 16.7 Å². The van der Waals surface area contributed by atoms with Crippen LogP contribution in [0.1, 0.15) is 40.8 Å². The summed E-state index contributed by atoms with van der Waals surface area (Å²) >= 11 is 0. The lowest BCUT2D eigenvalue weighted by Crippen LogP contribution is -2.42. The van der Waals surface area contributed by atoms with Crippen LogP contribution in [0.15, 0.2) is 59.4 Å². The Morgan fingerprint density at radius 3 is 2.75 bits per heavy atom. The van der Waals surface area contributed by atoms with E-state index in [0.717, 1.165) is 29.7 Å². The second-order valence-electron chi connectivity index (χ2n) is 8.09. The van der Waals surface area contributed by atoms with E-state index in [4.69, 9.17) is 0 Å². The van der Waals surface area contributed by atoms with E-state index in [2.05, 4.69) is 15.1 Å². The molecule has 1 N–H and O–H groups in total. The molecule has 1 unspecified atom stereocenters. The molecule has 0 aliphatic carbocycles. The summed E-state index contributed by atoms with van der Waals surface area (Å²) in [6.07, 6.45) is 1.69. The van der Waals surface area contributed by atoms with Gasteiger partial charge < -0.3 is 9.88 Å². The largest absolute Gasteiger partial charge is 0.342 e. The highest BCUT2D eigenvalue weighted by Gasteiger charge is 2.29. The summed E-state index contributed by atoms with van der Waals surface area (Å²) < 4.78 is 15.6. The highest BCUT2D eigenvalue weighted by Crippen LogP contribution is 2.27. The molecule has 0 spiro atoms. The van der Waals surface area contributed by atoms with Crippen molar-refractivity contribution in [3.05, 3.63) is 87.9 Å². The molecule has 7 nitrogen and oxygen atoms in total. The maximum atomic E-state index is 14.3. The fraction of sp³-hybridized carbons (Fsp3) is 0.250. The Labute approximate surface area is 183 Å². The number of aromatic amines is 1. The van der Waals surface area contributed by atoms with Crippen molar-refractivity contribution in [3.63, 3.8) is 0 Å². The summed E-state index contributed by atoms with van der Waals surface area (Å²) in [4.78, 5) is 35.6. The zero-order valence-corrected chi connectivity index (χ0v) is 17.6. The molecule has 4 aromatic rings. The Morgan fingerprint density at radius 1 is 1.16 bits per heavy atom. The summed E-state index contributed by atoms with van der Waals surface area (Å²) in [7, 11) is 0. The zero-order chi connectivity index (χ0) is 22.2. The van der Waals surface area contributed by atoms with Gasteiger partial charge in [-0.15, -0.1) is 0 Å². The van der Waals surface area contributed by atoms with Gasteiger partial charge in [-0.2, -0.15) is 5.10 Å². The Kier molecular flexibility index (Phi) is 5.05. The van der Waals surface area contributed by atoms with E-state index >= 15 is 0 Å². The molecule has 8 heteroatoms. The van der Waals surface area contributed by atoms with Crippen molar-refractivity contribution in [2.45, 2.75) is 25.7 Å². The number of para-hydroxylation sites is 3. The molecule has 1 aliphatic rings. The molecule has 32 heavy (non-hydrogen) atoms. The van der Waals surface area contributed by atoms with Crippen molar-refractivity contribution >= 4 is 16.9 Å². The van der Waals surface area contributed by atoms with Gasteiger partial charge in [0.2, 0.25) is 5.43 Å². The number of hydrogen-bond donors (Lipinski definition) is 1. The smallest absolute Gasteiger partial charge is 0.278 e. The molecular formula is C24H22FN5O2. The number of carbonyl (C=O) groups excluding carboxylic acids is 1. The van der Waals surface area contributed by atoms with Crippen LogP contribution in [0.4, 0.5) is 4.39 Å². The fourth-order valence-electron chi connectivity index (χ4n) is 4.26. The van der Waals surface area contributed by atoms with E-state index in [1.807, 2.05) is 24.3 Å². The van der Waals surface area contributed by atoms with Gasteiger partial charge in [0.05, 0.1) is 11.0 Å². The van der Waals surface area contributed by atoms with E-state index in [1.54, 1.807) is 30.0 Å². The first kappa shape index (κ1) is 20.1. The highest BCUT2D eigenvalue weighted by molar-refractivity contribution is 5.92. The number of imidazole rings is 1. The van der Waals surface area contributed by atoms with Gasteiger partial charge in [-0.05, 0) is 44.0 Å². The van der Waals surface area contributed by atoms with E-state index in [1.165, 1.54) is 16.8 Å². The Balaban J connectivity index is 1.45. The van der Waals surface area contributed by atoms with Crippen LogP contribution in [0, 0.1) is 12.7 Å². The third-order valence-electron chi connectivity index (χ3n) is 5.89. The average molecular weight is 431 g/mol. The normalized spacial score (nSPS) is 16.4. The summed E-state index contributed by atoms with van der Waals surface area (Å²) in [6, 6.07) is 15.3. The number of carbonyl (C=O) groups is 1. The molecule has 2 aromatic heterocycles. The van der Waals surface area contributed by atoms with E-state index < -0.39 is 17.2 Å². The molecule has 1 saturated heterocycles. The number of nitrogens with zero attached hydrogens (tertiary/aromatic N) is 4. The highest BCUT2D eigenvalue weighted by atomic mass is 19.1. The second kappa shape index (κ2) is 8.03. The first-order valence-electron chi connectivity index (χ1n) is 10.6. The van der Waals surface area contributed by atoms with Gasteiger partial charge in [-0.1, -0.05) is 24.3 Å². The molecule has 3 heterocycles. The molecule has 0 saturated carbocycles. The van der Waals surface area contributed by atoms with Crippen LogP contribution >= 0.6 is 0 Å². The van der Waals surface area contributed by atoms with Gasteiger partial charge in [-0.25, -0.2) is 14.1 Å². The van der Waals surface area contributed by atoms with Crippen molar-refractivity contribution in [1.82, 2.24) is 24.6 Å². The van der Waals surface area contributed by atoms with Crippen molar-refractivity contribution in [2.24, 2.45) is 0 Å². The maximum absolute atomic E-state index is 14.3. The van der Waals surface area contributed by atoms with Crippen molar-refractivity contribution in [2.75, 3.05) is 13.1 Å². The van der Waals surface area contributed by atoms with Crippen LogP contribution in [0.2, 0.25) is 0 Å². The molecule has 2 aromatic carbocycles. The van der Waals surface area contributed by atoms with Crippen LogP contribution in [-0.4, -0.2) is 43.6 Å². The van der Waals surface area contributed by atoms with Crippen LogP contribution in [0.5, 0.6) is 0 Å². The van der Waals surface area contributed by atoms with Crippen LogP contribution in [-0.2, 0) is 0 Å². The second-order valence-corrected chi connectivity index (χ2v) is 8.09. The average Bonchev–Trinajstić information content (AvgIpc) is 3.24. The minimum atomic E-state index is -0.479. The predicted octanol–water partition coefficient (Wildman–Crippen LogP) is 3.58. The molecule has 5 rings (SSSR count). The topological polar surface area (TPSA) is 83.9 Å². The molecular weight excluding hydrogens is 409 g/mol. The maximum Gasteiger partial charge on any atom is 0.278 e. The number of likely N-dealkylation sites (tertiary alicyclic amines) is 1. The number of amides is 1. The molecule has 0 bridgehead atoms. The third kappa shape index (κ3) is 3.57. The SMILES string of the molecule is Cc1cc(=O)c(C(=O)N2CCCC(c3nc4ccccc4[nH]3)C2)nn1-c1ccccc1F.